The quantitative estimate of drug-likeness (QED) is 0.587. The molecule has 0 unspecified atom stereocenters. The number of benzene rings is 1. The summed E-state index contributed by atoms with van der Waals surface area (Å²) in [7, 11) is 0. The third-order valence-electron chi connectivity index (χ3n) is 4.32. The first-order valence-corrected chi connectivity index (χ1v) is 8.75. The number of aromatic nitrogens is 2. The maximum absolute atomic E-state index is 12.2. The number of rotatable bonds is 7. The number of hydrogen-bond donors (Lipinski definition) is 2. The van der Waals surface area contributed by atoms with Crippen LogP contribution in [-0.2, 0) is 16.0 Å². The molecular formula is C18H21ClN4O2. The van der Waals surface area contributed by atoms with Gasteiger partial charge in [0.25, 0.3) is 0 Å². The minimum Gasteiger partial charge on any atom is -0.356 e. The van der Waals surface area contributed by atoms with E-state index >= 15 is 0 Å². The number of halogens is 1. The van der Waals surface area contributed by atoms with Gasteiger partial charge in [-0.2, -0.15) is 0 Å². The Morgan fingerprint density at radius 2 is 2.36 bits per heavy atom. The van der Waals surface area contributed by atoms with Crippen LogP contribution in [0.5, 0.6) is 0 Å². The van der Waals surface area contributed by atoms with Gasteiger partial charge in [0.2, 0.25) is 11.8 Å². The van der Waals surface area contributed by atoms with Crippen LogP contribution in [0.15, 0.2) is 30.9 Å². The Kier molecular flexibility index (Phi) is 5.38. The van der Waals surface area contributed by atoms with E-state index in [1.54, 1.807) is 11.0 Å². The van der Waals surface area contributed by atoms with Gasteiger partial charge in [0, 0.05) is 37.5 Å². The normalized spacial score (nSPS) is 17.2. The van der Waals surface area contributed by atoms with Crippen LogP contribution in [0, 0.1) is 5.92 Å². The highest BCUT2D eigenvalue weighted by Crippen LogP contribution is 2.18. The maximum atomic E-state index is 12.2. The van der Waals surface area contributed by atoms with Crippen molar-refractivity contribution in [2.75, 3.05) is 19.6 Å². The molecule has 132 valence electrons. The zero-order valence-electron chi connectivity index (χ0n) is 13.9. The third kappa shape index (κ3) is 4.20. The highest BCUT2D eigenvalue weighted by Gasteiger charge is 2.33. The van der Waals surface area contributed by atoms with Gasteiger partial charge in [0.05, 0.1) is 17.0 Å². The van der Waals surface area contributed by atoms with E-state index < -0.39 is 0 Å². The second-order valence-electron chi connectivity index (χ2n) is 6.23. The maximum Gasteiger partial charge on any atom is 0.225 e. The van der Waals surface area contributed by atoms with Crippen molar-refractivity contribution in [3.8, 4) is 0 Å². The minimum absolute atomic E-state index is 0.0148. The van der Waals surface area contributed by atoms with Crippen molar-refractivity contribution in [1.82, 2.24) is 20.2 Å². The first-order valence-electron chi connectivity index (χ1n) is 8.37. The average molecular weight is 361 g/mol. The average Bonchev–Trinajstić information content (AvgIpc) is 3.15. The lowest BCUT2D eigenvalue weighted by molar-refractivity contribution is -0.128. The molecule has 0 saturated carbocycles. The number of nitrogens with zero attached hydrogens (tertiary/aromatic N) is 2. The summed E-state index contributed by atoms with van der Waals surface area (Å²) in [5, 5.41) is 3.59. The number of nitrogens with one attached hydrogen (secondary N) is 2. The molecule has 2 heterocycles. The molecular weight excluding hydrogens is 340 g/mol. The molecule has 1 fully saturated rings. The second-order valence-corrected chi connectivity index (χ2v) is 6.66. The van der Waals surface area contributed by atoms with Crippen LogP contribution in [0.25, 0.3) is 11.0 Å². The molecule has 1 aliphatic rings. The predicted molar refractivity (Wildman–Crippen MR) is 97.3 cm³/mol. The Bertz CT molecular complexity index is 801. The van der Waals surface area contributed by atoms with Crippen molar-refractivity contribution in [2.24, 2.45) is 5.92 Å². The van der Waals surface area contributed by atoms with Crippen LogP contribution in [0.4, 0.5) is 0 Å². The van der Waals surface area contributed by atoms with Crippen LogP contribution < -0.4 is 5.32 Å². The highest BCUT2D eigenvalue weighted by molar-refractivity contribution is 6.31. The molecule has 7 heteroatoms. The fourth-order valence-electron chi connectivity index (χ4n) is 3.04. The number of H-pyrrole nitrogens is 1. The number of hydrogen-bond acceptors (Lipinski definition) is 3. The number of fused-ring (bicyclic) bond motifs is 1. The Morgan fingerprint density at radius 3 is 3.16 bits per heavy atom. The number of carbonyl (C=O) groups is 2. The first kappa shape index (κ1) is 17.5. The summed E-state index contributed by atoms with van der Waals surface area (Å²) in [5.74, 6) is 0.567. The fraction of sp³-hybridized carbons (Fsp3) is 0.389. The van der Waals surface area contributed by atoms with Gasteiger partial charge in [-0.1, -0.05) is 17.7 Å². The van der Waals surface area contributed by atoms with Crippen molar-refractivity contribution >= 4 is 34.4 Å². The van der Waals surface area contributed by atoms with Crippen molar-refractivity contribution < 1.29 is 9.59 Å². The summed E-state index contributed by atoms with van der Waals surface area (Å²) in [6.45, 7) is 5.16. The number of amides is 2. The molecule has 1 aliphatic heterocycles. The van der Waals surface area contributed by atoms with E-state index in [4.69, 9.17) is 11.6 Å². The summed E-state index contributed by atoms with van der Waals surface area (Å²) < 4.78 is 0. The molecule has 6 nitrogen and oxygen atoms in total. The number of imidazole rings is 1. The van der Waals surface area contributed by atoms with Crippen LogP contribution in [0.2, 0.25) is 5.02 Å². The van der Waals surface area contributed by atoms with E-state index in [1.165, 1.54) is 0 Å². The van der Waals surface area contributed by atoms with E-state index in [1.807, 2.05) is 18.2 Å². The van der Waals surface area contributed by atoms with Gasteiger partial charge < -0.3 is 15.2 Å². The number of aryl methyl sites for hydroxylation is 1. The predicted octanol–water partition coefficient (Wildman–Crippen LogP) is 2.30. The zero-order valence-corrected chi connectivity index (χ0v) is 14.7. The molecule has 0 spiro atoms. The van der Waals surface area contributed by atoms with Crippen LogP contribution >= 0.6 is 11.6 Å². The summed E-state index contributed by atoms with van der Waals surface area (Å²) in [4.78, 5) is 33.4. The smallest absolute Gasteiger partial charge is 0.225 e. The van der Waals surface area contributed by atoms with Gasteiger partial charge in [-0.15, -0.1) is 6.58 Å². The summed E-state index contributed by atoms with van der Waals surface area (Å²) in [5.41, 5.74) is 1.80. The van der Waals surface area contributed by atoms with Crippen molar-refractivity contribution in [1.29, 1.82) is 0 Å². The summed E-state index contributed by atoms with van der Waals surface area (Å²) >= 11 is 5.96. The third-order valence-corrected chi connectivity index (χ3v) is 4.55. The molecule has 1 saturated heterocycles. The molecule has 25 heavy (non-hydrogen) atoms. The van der Waals surface area contributed by atoms with Crippen molar-refractivity contribution in [3.05, 3.63) is 41.7 Å². The lowest BCUT2D eigenvalue weighted by Gasteiger charge is -2.13. The molecule has 1 aromatic carbocycles. The lowest BCUT2D eigenvalue weighted by atomic mass is 10.1. The molecule has 0 bridgehead atoms. The van der Waals surface area contributed by atoms with Crippen LogP contribution in [0.1, 0.15) is 18.7 Å². The molecule has 0 radical (unpaired) electrons. The van der Waals surface area contributed by atoms with E-state index in [0.29, 0.717) is 24.7 Å². The molecule has 2 N–H and O–H groups in total. The molecule has 1 aromatic heterocycles. The molecule has 2 aromatic rings. The summed E-state index contributed by atoms with van der Waals surface area (Å²) in [6, 6.07) is 5.54. The van der Waals surface area contributed by atoms with Crippen LogP contribution in [-0.4, -0.2) is 46.3 Å². The van der Waals surface area contributed by atoms with Gasteiger partial charge in [-0.25, -0.2) is 4.98 Å². The SMILES string of the molecule is C=CCN1C[C@@H](C(=O)NCCCc2nc3ccc(Cl)cc3[nH]2)CC1=O. The first-order chi connectivity index (χ1) is 12.1. The minimum atomic E-state index is -0.263. The molecule has 2 amide bonds. The fourth-order valence-corrected chi connectivity index (χ4v) is 3.22. The second kappa shape index (κ2) is 7.70. The molecule has 0 aliphatic carbocycles. The Labute approximate surface area is 151 Å². The standard InChI is InChI=1S/C18H21ClN4O2/c1-2-8-23-11-12(9-17(23)24)18(25)20-7-3-4-16-21-14-6-5-13(19)10-15(14)22-16/h2,5-6,10,12H,1,3-4,7-9,11H2,(H,20,25)(H,21,22)/t12-/m0/s1. The summed E-state index contributed by atoms with van der Waals surface area (Å²) in [6.07, 6.45) is 3.47. The van der Waals surface area contributed by atoms with Gasteiger partial charge in [-0.3, -0.25) is 9.59 Å². The lowest BCUT2D eigenvalue weighted by Crippen LogP contribution is -2.33. The topological polar surface area (TPSA) is 78.1 Å². The molecule has 1 atom stereocenters. The van der Waals surface area contributed by atoms with E-state index in [9.17, 15) is 9.59 Å². The highest BCUT2D eigenvalue weighted by atomic mass is 35.5. The van der Waals surface area contributed by atoms with E-state index in [0.717, 1.165) is 29.7 Å². The van der Waals surface area contributed by atoms with Crippen molar-refractivity contribution in [2.45, 2.75) is 19.3 Å². The van der Waals surface area contributed by atoms with Gasteiger partial charge in [-0.05, 0) is 24.6 Å². The Balaban J connectivity index is 1.44. The van der Waals surface area contributed by atoms with Crippen molar-refractivity contribution in [3.63, 3.8) is 0 Å². The largest absolute Gasteiger partial charge is 0.356 e. The zero-order chi connectivity index (χ0) is 17.8. The number of likely N-dealkylation sites (tertiary alicyclic amines) is 1. The number of aromatic amines is 1. The van der Waals surface area contributed by atoms with E-state index in [2.05, 4.69) is 21.9 Å². The Morgan fingerprint density at radius 1 is 1.52 bits per heavy atom. The van der Waals surface area contributed by atoms with Crippen LogP contribution in [0.3, 0.4) is 0 Å². The molecule has 3 rings (SSSR count). The van der Waals surface area contributed by atoms with Gasteiger partial charge in [0.1, 0.15) is 5.82 Å². The monoisotopic (exact) mass is 360 g/mol. The van der Waals surface area contributed by atoms with Gasteiger partial charge >= 0.3 is 0 Å². The van der Waals surface area contributed by atoms with Gasteiger partial charge in [0.15, 0.2) is 0 Å². The number of carbonyl (C=O) groups excluding carboxylic acids is 2. The Hall–Kier alpha value is -2.34. The van der Waals surface area contributed by atoms with E-state index in [-0.39, 0.29) is 24.2 Å².